The van der Waals surface area contributed by atoms with Crippen LogP contribution < -0.4 is 5.32 Å². The Morgan fingerprint density at radius 3 is 2.76 bits per heavy atom. The van der Waals surface area contributed by atoms with E-state index in [9.17, 15) is 0 Å². The van der Waals surface area contributed by atoms with Crippen LogP contribution in [0.5, 0.6) is 0 Å². The highest BCUT2D eigenvalue weighted by Gasteiger charge is 2.07. The molecule has 0 amide bonds. The minimum absolute atomic E-state index is 0.751. The Balaban J connectivity index is 1.75. The molecule has 0 aliphatic rings. The number of rotatable bonds is 5. The lowest BCUT2D eigenvalue weighted by Crippen LogP contribution is -2.14. The Bertz CT molecular complexity index is 756. The quantitative estimate of drug-likeness (QED) is 0.771. The van der Waals surface area contributed by atoms with Crippen molar-refractivity contribution in [2.75, 3.05) is 11.9 Å². The lowest BCUT2D eigenvalue weighted by molar-refractivity contribution is 0.615. The summed E-state index contributed by atoms with van der Waals surface area (Å²) in [7, 11) is 0. The molecule has 0 saturated carbocycles. The Kier molecular flexibility index (Phi) is 3.55. The van der Waals surface area contributed by atoms with Gasteiger partial charge in [0.15, 0.2) is 0 Å². The molecule has 0 unspecified atom stereocenters. The number of fused-ring (bicyclic) bond motifs is 1. The fourth-order valence-corrected chi connectivity index (χ4v) is 2.38. The fourth-order valence-electron chi connectivity index (χ4n) is 2.38. The van der Waals surface area contributed by atoms with Crippen molar-refractivity contribution in [2.45, 2.75) is 33.7 Å². The van der Waals surface area contributed by atoms with Gasteiger partial charge in [-0.15, -0.1) is 10.2 Å². The summed E-state index contributed by atoms with van der Waals surface area (Å²) in [5.41, 5.74) is 4.94. The van der Waals surface area contributed by atoms with Crippen LogP contribution in [0, 0.1) is 13.8 Å². The molecule has 21 heavy (non-hydrogen) atoms. The Hall–Kier alpha value is -2.44. The zero-order valence-corrected chi connectivity index (χ0v) is 12.5. The molecular formula is C14H19N7. The van der Waals surface area contributed by atoms with Crippen LogP contribution in [0.25, 0.3) is 5.65 Å². The van der Waals surface area contributed by atoms with Crippen LogP contribution in [0.3, 0.4) is 0 Å². The van der Waals surface area contributed by atoms with E-state index in [1.807, 2.05) is 17.7 Å². The maximum atomic E-state index is 4.46. The van der Waals surface area contributed by atoms with Crippen LogP contribution in [-0.2, 0) is 13.0 Å². The molecular weight excluding hydrogens is 266 g/mol. The molecule has 3 heterocycles. The van der Waals surface area contributed by atoms with Gasteiger partial charge in [0.25, 0.3) is 0 Å². The second-order valence-electron chi connectivity index (χ2n) is 5.08. The van der Waals surface area contributed by atoms with Crippen molar-refractivity contribution in [3.8, 4) is 0 Å². The number of aromatic nitrogens is 6. The van der Waals surface area contributed by atoms with Gasteiger partial charge in [0, 0.05) is 12.2 Å². The molecule has 0 bridgehead atoms. The van der Waals surface area contributed by atoms with Gasteiger partial charge in [-0.05, 0) is 32.4 Å². The van der Waals surface area contributed by atoms with E-state index in [1.54, 1.807) is 10.8 Å². The average molecular weight is 285 g/mol. The molecule has 0 atom stereocenters. The van der Waals surface area contributed by atoms with Crippen molar-refractivity contribution in [3.05, 3.63) is 35.5 Å². The third-order valence-corrected chi connectivity index (χ3v) is 3.42. The van der Waals surface area contributed by atoms with Gasteiger partial charge in [-0.3, -0.25) is 4.68 Å². The van der Waals surface area contributed by atoms with E-state index in [1.165, 1.54) is 5.69 Å². The van der Waals surface area contributed by atoms with Gasteiger partial charge in [-0.2, -0.15) is 14.7 Å². The van der Waals surface area contributed by atoms with Crippen molar-refractivity contribution in [1.29, 1.82) is 0 Å². The number of nitrogens with one attached hydrogen (secondary N) is 1. The van der Waals surface area contributed by atoms with E-state index in [0.29, 0.717) is 0 Å². The van der Waals surface area contributed by atoms with Crippen LogP contribution in [0.4, 0.5) is 5.69 Å². The van der Waals surface area contributed by atoms with Crippen molar-refractivity contribution in [1.82, 2.24) is 29.6 Å². The van der Waals surface area contributed by atoms with E-state index in [-0.39, 0.29) is 0 Å². The molecule has 110 valence electrons. The van der Waals surface area contributed by atoms with Crippen molar-refractivity contribution in [2.24, 2.45) is 0 Å². The molecule has 0 aliphatic heterocycles. The number of hydrogen-bond donors (Lipinski definition) is 1. The van der Waals surface area contributed by atoms with E-state index >= 15 is 0 Å². The van der Waals surface area contributed by atoms with Crippen molar-refractivity contribution >= 4 is 11.3 Å². The molecule has 1 N–H and O–H groups in total. The first-order valence-corrected chi connectivity index (χ1v) is 7.12. The molecule has 3 aromatic heterocycles. The summed E-state index contributed by atoms with van der Waals surface area (Å²) in [5, 5.41) is 20.3. The second kappa shape index (κ2) is 5.51. The minimum Gasteiger partial charge on any atom is -0.380 e. The predicted molar refractivity (Wildman–Crippen MR) is 80.4 cm³/mol. The topological polar surface area (TPSA) is 72.9 Å². The highest BCUT2D eigenvalue weighted by Crippen LogP contribution is 2.15. The molecule has 0 fully saturated rings. The molecule has 0 saturated heterocycles. The third-order valence-electron chi connectivity index (χ3n) is 3.42. The fraction of sp³-hybridized carbons (Fsp3) is 0.429. The van der Waals surface area contributed by atoms with Gasteiger partial charge >= 0.3 is 0 Å². The smallest absolute Gasteiger partial charge is 0.200 e. The number of anilines is 1. The first-order valence-electron chi connectivity index (χ1n) is 7.12. The van der Waals surface area contributed by atoms with Crippen LogP contribution in [0.2, 0.25) is 0 Å². The highest BCUT2D eigenvalue weighted by atomic mass is 15.3. The SMILES string of the molecule is CCc1cc(NCCn2nc(C)cc2C)c2nncn2n1. The van der Waals surface area contributed by atoms with Crippen LogP contribution in [0.15, 0.2) is 18.5 Å². The summed E-state index contributed by atoms with van der Waals surface area (Å²) >= 11 is 0. The van der Waals surface area contributed by atoms with E-state index < -0.39 is 0 Å². The monoisotopic (exact) mass is 285 g/mol. The first kappa shape index (κ1) is 13.5. The van der Waals surface area contributed by atoms with Gasteiger partial charge in [0.2, 0.25) is 5.65 Å². The Morgan fingerprint density at radius 2 is 2.05 bits per heavy atom. The summed E-state index contributed by atoms with van der Waals surface area (Å²) in [6.45, 7) is 7.74. The van der Waals surface area contributed by atoms with Crippen LogP contribution in [-0.4, -0.2) is 36.1 Å². The van der Waals surface area contributed by atoms with Crippen LogP contribution in [0.1, 0.15) is 24.0 Å². The predicted octanol–water partition coefficient (Wildman–Crippen LogP) is 1.61. The lowest BCUT2D eigenvalue weighted by Gasteiger charge is -2.09. The van der Waals surface area contributed by atoms with E-state index in [2.05, 4.69) is 45.6 Å². The number of aryl methyl sites for hydroxylation is 3. The minimum atomic E-state index is 0.751. The van der Waals surface area contributed by atoms with Gasteiger partial charge in [-0.1, -0.05) is 6.92 Å². The van der Waals surface area contributed by atoms with E-state index in [0.717, 1.165) is 42.2 Å². The standard InChI is InChI=1S/C14H19N7/c1-4-12-8-13(14-17-16-9-21(14)19-12)15-5-6-20-11(3)7-10(2)18-20/h7-9,15H,4-6H2,1-3H3. The number of hydrogen-bond acceptors (Lipinski definition) is 5. The summed E-state index contributed by atoms with van der Waals surface area (Å²) in [4.78, 5) is 0. The maximum Gasteiger partial charge on any atom is 0.200 e. The van der Waals surface area contributed by atoms with Gasteiger partial charge in [0.05, 0.1) is 23.6 Å². The summed E-state index contributed by atoms with van der Waals surface area (Å²) in [5.74, 6) is 0. The first-order chi connectivity index (χ1) is 10.2. The molecule has 0 spiro atoms. The largest absolute Gasteiger partial charge is 0.380 e. The maximum absolute atomic E-state index is 4.46. The summed E-state index contributed by atoms with van der Waals surface area (Å²) in [6, 6.07) is 4.11. The Morgan fingerprint density at radius 1 is 1.19 bits per heavy atom. The molecule has 7 nitrogen and oxygen atoms in total. The molecule has 0 radical (unpaired) electrons. The average Bonchev–Trinajstić information content (AvgIpc) is 3.05. The Labute approximate surface area is 123 Å². The summed E-state index contributed by atoms with van der Waals surface area (Å²) < 4.78 is 3.72. The zero-order valence-electron chi connectivity index (χ0n) is 12.5. The van der Waals surface area contributed by atoms with Crippen molar-refractivity contribution < 1.29 is 0 Å². The van der Waals surface area contributed by atoms with Gasteiger partial charge < -0.3 is 5.32 Å². The molecule has 0 aliphatic carbocycles. The van der Waals surface area contributed by atoms with Crippen molar-refractivity contribution in [3.63, 3.8) is 0 Å². The van der Waals surface area contributed by atoms with Crippen LogP contribution >= 0.6 is 0 Å². The molecule has 3 aromatic rings. The second-order valence-corrected chi connectivity index (χ2v) is 5.08. The zero-order chi connectivity index (χ0) is 14.8. The van der Waals surface area contributed by atoms with Gasteiger partial charge in [0.1, 0.15) is 6.33 Å². The molecule has 7 heteroatoms. The lowest BCUT2D eigenvalue weighted by atomic mass is 10.3. The van der Waals surface area contributed by atoms with Gasteiger partial charge in [-0.25, -0.2) is 0 Å². The van der Waals surface area contributed by atoms with E-state index in [4.69, 9.17) is 0 Å². The highest BCUT2D eigenvalue weighted by molar-refractivity contribution is 5.66. The number of nitrogens with zero attached hydrogens (tertiary/aromatic N) is 6. The summed E-state index contributed by atoms with van der Waals surface area (Å²) in [6.07, 6.45) is 2.50. The third kappa shape index (κ3) is 2.72. The normalized spacial score (nSPS) is 11.2. The molecule has 0 aromatic carbocycles. The molecule has 3 rings (SSSR count).